The maximum atomic E-state index is 12.2. The van der Waals surface area contributed by atoms with E-state index in [4.69, 9.17) is 4.42 Å². The lowest BCUT2D eigenvalue weighted by Gasteiger charge is -2.22. The van der Waals surface area contributed by atoms with Gasteiger partial charge in [-0.15, -0.1) is 0 Å². The van der Waals surface area contributed by atoms with Gasteiger partial charge >= 0.3 is 0 Å². The van der Waals surface area contributed by atoms with Crippen molar-refractivity contribution in [3.63, 3.8) is 0 Å². The topological polar surface area (TPSA) is 50.5 Å². The smallest absolute Gasteiger partial charge is 0.289 e. The third-order valence-corrected chi connectivity index (χ3v) is 3.11. The number of amides is 1. The Labute approximate surface area is 101 Å². The number of furan rings is 1. The van der Waals surface area contributed by atoms with Crippen LogP contribution in [0.4, 0.5) is 0 Å². The molecule has 1 aromatic heterocycles. The van der Waals surface area contributed by atoms with Crippen LogP contribution in [-0.4, -0.2) is 29.2 Å². The maximum Gasteiger partial charge on any atom is 0.289 e. The minimum absolute atomic E-state index is 0.0467. The summed E-state index contributed by atoms with van der Waals surface area (Å²) in [5.41, 5.74) is 0. The number of carbonyl (C=O) groups is 2. The van der Waals surface area contributed by atoms with Crippen molar-refractivity contribution in [2.24, 2.45) is 0 Å². The summed E-state index contributed by atoms with van der Waals surface area (Å²) in [4.78, 5) is 25.1. The number of Topliss-reactive ketones (excluding diaryl/α,β-unsaturated/α-hetero) is 1. The molecule has 2 heterocycles. The van der Waals surface area contributed by atoms with Crippen LogP contribution in [0.2, 0.25) is 0 Å². The molecule has 0 aromatic carbocycles. The molecule has 0 N–H and O–H groups in total. The predicted molar refractivity (Wildman–Crippen MR) is 62.8 cm³/mol. The second kappa shape index (κ2) is 4.73. The normalized spacial score (nSPS) is 19.6. The standard InChI is InChI=1S/C13H17NO3/c1-9(15)8-11-4-3-7-14(11)13(16)12-6-5-10(2)17-12/h5-6,11H,3-4,7-8H2,1-2H3. The Bertz CT molecular complexity index is 436. The number of nitrogens with zero attached hydrogens (tertiary/aromatic N) is 1. The van der Waals surface area contributed by atoms with Crippen LogP contribution >= 0.6 is 0 Å². The highest BCUT2D eigenvalue weighted by Gasteiger charge is 2.31. The van der Waals surface area contributed by atoms with E-state index in [1.165, 1.54) is 0 Å². The summed E-state index contributed by atoms with van der Waals surface area (Å²) in [5.74, 6) is 1.14. The average molecular weight is 235 g/mol. The molecule has 1 fully saturated rings. The van der Waals surface area contributed by atoms with E-state index >= 15 is 0 Å². The zero-order chi connectivity index (χ0) is 12.4. The van der Waals surface area contributed by atoms with Crippen molar-refractivity contribution in [2.45, 2.75) is 39.2 Å². The molecule has 1 saturated heterocycles. The Kier molecular flexibility index (Phi) is 3.31. The molecule has 2 rings (SSSR count). The van der Waals surface area contributed by atoms with Gasteiger partial charge in [-0.3, -0.25) is 9.59 Å². The van der Waals surface area contributed by atoms with Crippen molar-refractivity contribution in [3.05, 3.63) is 23.7 Å². The van der Waals surface area contributed by atoms with Gasteiger partial charge in [0.25, 0.3) is 5.91 Å². The molecule has 0 aliphatic carbocycles. The highest BCUT2D eigenvalue weighted by atomic mass is 16.3. The van der Waals surface area contributed by atoms with Crippen LogP contribution in [0.1, 0.15) is 42.5 Å². The summed E-state index contributed by atoms with van der Waals surface area (Å²) in [5, 5.41) is 0. The van der Waals surface area contributed by atoms with Gasteiger partial charge in [-0.1, -0.05) is 0 Å². The zero-order valence-electron chi connectivity index (χ0n) is 10.2. The summed E-state index contributed by atoms with van der Waals surface area (Å²) < 4.78 is 5.33. The lowest BCUT2D eigenvalue weighted by atomic mass is 10.1. The minimum atomic E-state index is -0.0955. The maximum absolute atomic E-state index is 12.2. The first-order valence-electron chi connectivity index (χ1n) is 5.95. The fourth-order valence-corrected chi connectivity index (χ4v) is 2.34. The van der Waals surface area contributed by atoms with E-state index in [-0.39, 0.29) is 17.7 Å². The van der Waals surface area contributed by atoms with Crippen molar-refractivity contribution < 1.29 is 14.0 Å². The molecule has 1 atom stereocenters. The Balaban J connectivity index is 2.10. The van der Waals surface area contributed by atoms with Gasteiger partial charge in [0.05, 0.1) is 0 Å². The van der Waals surface area contributed by atoms with Crippen LogP contribution in [0.25, 0.3) is 0 Å². The summed E-state index contributed by atoms with van der Waals surface area (Å²) in [6.45, 7) is 4.10. The first-order valence-corrected chi connectivity index (χ1v) is 5.95. The number of carbonyl (C=O) groups excluding carboxylic acids is 2. The highest BCUT2D eigenvalue weighted by Crippen LogP contribution is 2.23. The van der Waals surface area contributed by atoms with Crippen LogP contribution in [0.15, 0.2) is 16.5 Å². The van der Waals surface area contributed by atoms with Gasteiger partial charge in [0.15, 0.2) is 5.76 Å². The lowest BCUT2D eigenvalue weighted by Crippen LogP contribution is -2.36. The largest absolute Gasteiger partial charge is 0.456 e. The SMILES string of the molecule is CC(=O)CC1CCCN1C(=O)c1ccc(C)o1. The van der Waals surface area contributed by atoms with Gasteiger partial charge in [0.1, 0.15) is 11.5 Å². The molecule has 1 unspecified atom stereocenters. The third-order valence-electron chi connectivity index (χ3n) is 3.11. The molecule has 0 radical (unpaired) electrons. The molecule has 1 aliphatic heterocycles. The van der Waals surface area contributed by atoms with E-state index < -0.39 is 0 Å². The number of hydrogen-bond acceptors (Lipinski definition) is 3. The van der Waals surface area contributed by atoms with E-state index in [0.29, 0.717) is 12.2 Å². The fraction of sp³-hybridized carbons (Fsp3) is 0.538. The van der Waals surface area contributed by atoms with E-state index in [2.05, 4.69) is 0 Å². The van der Waals surface area contributed by atoms with Crippen molar-refractivity contribution in [3.8, 4) is 0 Å². The third kappa shape index (κ3) is 2.57. The van der Waals surface area contributed by atoms with Crippen molar-refractivity contribution in [1.82, 2.24) is 4.90 Å². The Hall–Kier alpha value is -1.58. The van der Waals surface area contributed by atoms with Crippen LogP contribution in [0.5, 0.6) is 0 Å². The van der Waals surface area contributed by atoms with E-state index in [0.717, 1.165) is 25.1 Å². The molecule has 1 aliphatic rings. The van der Waals surface area contributed by atoms with Crippen molar-refractivity contribution in [1.29, 1.82) is 0 Å². The first-order chi connectivity index (χ1) is 8.08. The molecular weight excluding hydrogens is 218 g/mol. The molecule has 1 amide bonds. The number of likely N-dealkylation sites (tertiary alicyclic amines) is 1. The molecule has 4 heteroatoms. The fourth-order valence-electron chi connectivity index (χ4n) is 2.34. The highest BCUT2D eigenvalue weighted by molar-refractivity contribution is 5.92. The van der Waals surface area contributed by atoms with Crippen LogP contribution < -0.4 is 0 Å². The Morgan fingerprint density at radius 2 is 2.24 bits per heavy atom. The van der Waals surface area contributed by atoms with Crippen molar-refractivity contribution >= 4 is 11.7 Å². The molecule has 0 spiro atoms. The molecule has 92 valence electrons. The quantitative estimate of drug-likeness (QED) is 0.806. The Morgan fingerprint density at radius 3 is 2.82 bits per heavy atom. The second-order valence-corrected chi connectivity index (χ2v) is 4.61. The number of rotatable bonds is 3. The number of aryl methyl sites for hydroxylation is 1. The summed E-state index contributed by atoms with van der Waals surface area (Å²) in [7, 11) is 0. The first kappa shape index (κ1) is 11.9. The Morgan fingerprint density at radius 1 is 1.47 bits per heavy atom. The van der Waals surface area contributed by atoms with E-state index in [1.807, 2.05) is 6.92 Å². The van der Waals surface area contributed by atoms with Crippen LogP contribution in [-0.2, 0) is 4.79 Å². The van der Waals surface area contributed by atoms with Crippen LogP contribution in [0.3, 0.4) is 0 Å². The van der Waals surface area contributed by atoms with Gasteiger partial charge in [-0.25, -0.2) is 0 Å². The summed E-state index contributed by atoms with van der Waals surface area (Å²) in [6, 6.07) is 3.52. The van der Waals surface area contributed by atoms with E-state index in [9.17, 15) is 9.59 Å². The minimum Gasteiger partial charge on any atom is -0.456 e. The summed E-state index contributed by atoms with van der Waals surface area (Å²) in [6.07, 6.45) is 2.32. The zero-order valence-corrected chi connectivity index (χ0v) is 10.2. The molecule has 0 bridgehead atoms. The monoisotopic (exact) mass is 235 g/mol. The molecule has 0 saturated carbocycles. The average Bonchev–Trinajstić information content (AvgIpc) is 2.85. The second-order valence-electron chi connectivity index (χ2n) is 4.61. The molecule has 17 heavy (non-hydrogen) atoms. The molecular formula is C13H17NO3. The van der Waals surface area contributed by atoms with Crippen LogP contribution in [0, 0.1) is 6.92 Å². The van der Waals surface area contributed by atoms with Gasteiger partial charge in [0.2, 0.25) is 0 Å². The van der Waals surface area contributed by atoms with Gasteiger partial charge in [-0.05, 0) is 38.8 Å². The van der Waals surface area contributed by atoms with E-state index in [1.54, 1.807) is 24.0 Å². The van der Waals surface area contributed by atoms with Gasteiger partial charge in [-0.2, -0.15) is 0 Å². The summed E-state index contributed by atoms with van der Waals surface area (Å²) >= 11 is 0. The molecule has 1 aromatic rings. The number of ketones is 1. The van der Waals surface area contributed by atoms with Gasteiger partial charge < -0.3 is 9.32 Å². The van der Waals surface area contributed by atoms with Gasteiger partial charge in [0, 0.05) is 19.0 Å². The number of hydrogen-bond donors (Lipinski definition) is 0. The van der Waals surface area contributed by atoms with Crippen molar-refractivity contribution in [2.75, 3.05) is 6.54 Å². The lowest BCUT2D eigenvalue weighted by molar-refractivity contribution is -0.117. The predicted octanol–water partition coefficient (Wildman–Crippen LogP) is 2.17. The molecule has 4 nitrogen and oxygen atoms in total.